The third kappa shape index (κ3) is 3.74. The molecule has 0 amide bonds. The smallest absolute Gasteiger partial charge is 0.0596 e. The van der Waals surface area contributed by atoms with Crippen LogP contribution in [0.2, 0.25) is 5.02 Å². The van der Waals surface area contributed by atoms with Gasteiger partial charge in [-0.15, -0.1) is 0 Å². The third-order valence-electron chi connectivity index (χ3n) is 2.59. The van der Waals surface area contributed by atoms with Crippen LogP contribution in [0, 0.1) is 5.92 Å². The largest absolute Gasteiger partial charge is 0.271 e. The molecule has 1 aromatic carbocycles. The lowest BCUT2D eigenvalue weighted by Crippen LogP contribution is -2.28. The standard InChI is InChI=1S/C12H18BrClN2/c1-8(2)6-7-11(16-15)9-4-3-5-10(13)12(9)14/h3-5,8,11,16H,6-7,15H2,1-2H3. The topological polar surface area (TPSA) is 38.0 Å². The summed E-state index contributed by atoms with van der Waals surface area (Å²) < 4.78 is 0.913. The zero-order valence-electron chi connectivity index (χ0n) is 9.63. The minimum absolute atomic E-state index is 0.118. The van der Waals surface area contributed by atoms with E-state index in [0.29, 0.717) is 5.92 Å². The fourth-order valence-corrected chi connectivity index (χ4v) is 2.26. The van der Waals surface area contributed by atoms with Crippen LogP contribution in [-0.4, -0.2) is 0 Å². The van der Waals surface area contributed by atoms with Gasteiger partial charge in [0, 0.05) is 10.5 Å². The Morgan fingerprint density at radius 3 is 2.62 bits per heavy atom. The number of halogens is 2. The average molecular weight is 306 g/mol. The molecule has 3 N–H and O–H groups in total. The molecule has 4 heteroatoms. The summed E-state index contributed by atoms with van der Waals surface area (Å²) in [5, 5.41) is 0.745. The predicted octanol–water partition coefficient (Wildman–Crippen LogP) is 4.04. The lowest BCUT2D eigenvalue weighted by atomic mass is 9.98. The number of hydrogen-bond donors (Lipinski definition) is 2. The van der Waals surface area contributed by atoms with Crippen LogP contribution < -0.4 is 11.3 Å². The van der Waals surface area contributed by atoms with E-state index in [1.54, 1.807) is 0 Å². The molecular formula is C12H18BrClN2. The quantitative estimate of drug-likeness (QED) is 0.636. The monoisotopic (exact) mass is 304 g/mol. The van der Waals surface area contributed by atoms with Gasteiger partial charge in [-0.2, -0.15) is 0 Å². The van der Waals surface area contributed by atoms with E-state index in [1.807, 2.05) is 18.2 Å². The maximum absolute atomic E-state index is 6.24. The van der Waals surface area contributed by atoms with Crippen LogP contribution in [0.5, 0.6) is 0 Å². The molecule has 0 saturated heterocycles. The molecule has 0 heterocycles. The van der Waals surface area contributed by atoms with Crippen LogP contribution in [0.1, 0.15) is 38.3 Å². The molecule has 1 aromatic rings. The van der Waals surface area contributed by atoms with E-state index in [0.717, 1.165) is 27.9 Å². The first-order chi connectivity index (χ1) is 7.56. The lowest BCUT2D eigenvalue weighted by molar-refractivity contribution is 0.448. The molecule has 90 valence electrons. The van der Waals surface area contributed by atoms with Gasteiger partial charge in [-0.25, -0.2) is 0 Å². The summed E-state index contributed by atoms with van der Waals surface area (Å²) in [6, 6.07) is 6.04. The minimum Gasteiger partial charge on any atom is -0.271 e. The van der Waals surface area contributed by atoms with E-state index < -0.39 is 0 Å². The lowest BCUT2D eigenvalue weighted by Gasteiger charge is -2.19. The van der Waals surface area contributed by atoms with Gasteiger partial charge in [-0.1, -0.05) is 37.6 Å². The molecule has 0 radical (unpaired) electrons. The molecule has 16 heavy (non-hydrogen) atoms. The molecule has 0 aliphatic carbocycles. The molecule has 1 unspecified atom stereocenters. The first-order valence-corrected chi connectivity index (χ1v) is 6.63. The fourth-order valence-electron chi connectivity index (χ4n) is 1.62. The van der Waals surface area contributed by atoms with E-state index >= 15 is 0 Å². The molecule has 1 rings (SSSR count). The van der Waals surface area contributed by atoms with Crippen molar-refractivity contribution in [2.75, 3.05) is 0 Å². The number of rotatable bonds is 5. The highest BCUT2D eigenvalue weighted by Crippen LogP contribution is 2.32. The number of nitrogens with two attached hydrogens (primary N) is 1. The van der Waals surface area contributed by atoms with Gasteiger partial charge in [0.1, 0.15) is 0 Å². The Morgan fingerprint density at radius 1 is 1.38 bits per heavy atom. The molecule has 0 fully saturated rings. The van der Waals surface area contributed by atoms with Gasteiger partial charge >= 0.3 is 0 Å². The number of benzene rings is 1. The molecule has 0 bridgehead atoms. The molecule has 0 aliphatic rings. The highest BCUT2D eigenvalue weighted by Gasteiger charge is 2.14. The number of nitrogens with one attached hydrogen (secondary N) is 1. The molecule has 1 atom stereocenters. The van der Waals surface area contributed by atoms with Crippen LogP contribution in [0.3, 0.4) is 0 Å². The number of hydrogen-bond acceptors (Lipinski definition) is 2. The summed E-state index contributed by atoms with van der Waals surface area (Å²) in [4.78, 5) is 0. The maximum Gasteiger partial charge on any atom is 0.0596 e. The maximum atomic E-state index is 6.24. The van der Waals surface area contributed by atoms with Gasteiger partial charge in [0.05, 0.1) is 5.02 Å². The predicted molar refractivity (Wildman–Crippen MR) is 73.3 cm³/mol. The zero-order chi connectivity index (χ0) is 12.1. The van der Waals surface area contributed by atoms with Gasteiger partial charge < -0.3 is 0 Å². The Morgan fingerprint density at radius 2 is 2.06 bits per heavy atom. The van der Waals surface area contributed by atoms with Crippen molar-refractivity contribution in [3.63, 3.8) is 0 Å². The van der Waals surface area contributed by atoms with E-state index in [-0.39, 0.29) is 6.04 Å². The number of hydrazine groups is 1. The van der Waals surface area contributed by atoms with Crippen molar-refractivity contribution in [2.45, 2.75) is 32.7 Å². The van der Waals surface area contributed by atoms with Gasteiger partial charge in [0.15, 0.2) is 0 Å². The first kappa shape index (κ1) is 14.0. The third-order valence-corrected chi connectivity index (χ3v) is 3.90. The second kappa shape index (κ2) is 6.60. The van der Waals surface area contributed by atoms with E-state index in [4.69, 9.17) is 17.4 Å². The Kier molecular flexibility index (Phi) is 5.76. The second-order valence-corrected chi connectivity index (χ2v) is 5.57. The van der Waals surface area contributed by atoms with E-state index in [2.05, 4.69) is 35.2 Å². The van der Waals surface area contributed by atoms with Crippen molar-refractivity contribution in [1.29, 1.82) is 0 Å². The Labute approximate surface area is 111 Å². The Bertz CT molecular complexity index is 342. The van der Waals surface area contributed by atoms with E-state index in [1.165, 1.54) is 0 Å². The first-order valence-electron chi connectivity index (χ1n) is 5.46. The van der Waals surface area contributed by atoms with Crippen LogP contribution >= 0.6 is 27.5 Å². The van der Waals surface area contributed by atoms with Crippen molar-refractivity contribution in [3.8, 4) is 0 Å². The van der Waals surface area contributed by atoms with Crippen LogP contribution in [-0.2, 0) is 0 Å². The summed E-state index contributed by atoms with van der Waals surface area (Å²) in [6.45, 7) is 4.41. The van der Waals surface area contributed by atoms with Gasteiger partial charge in [-0.05, 0) is 46.3 Å². The average Bonchev–Trinajstić information content (AvgIpc) is 2.24. The molecule has 0 aromatic heterocycles. The van der Waals surface area contributed by atoms with Crippen molar-refractivity contribution in [1.82, 2.24) is 5.43 Å². The molecular weight excluding hydrogens is 288 g/mol. The van der Waals surface area contributed by atoms with Crippen molar-refractivity contribution in [2.24, 2.45) is 11.8 Å². The van der Waals surface area contributed by atoms with Crippen molar-refractivity contribution < 1.29 is 0 Å². The Hall–Kier alpha value is -0.0900. The highest BCUT2D eigenvalue weighted by atomic mass is 79.9. The van der Waals surface area contributed by atoms with Gasteiger partial charge in [-0.3, -0.25) is 11.3 Å². The summed E-state index contributed by atoms with van der Waals surface area (Å²) in [7, 11) is 0. The molecule has 2 nitrogen and oxygen atoms in total. The normalized spacial score (nSPS) is 13.1. The highest BCUT2D eigenvalue weighted by molar-refractivity contribution is 9.10. The fraction of sp³-hybridized carbons (Fsp3) is 0.500. The second-order valence-electron chi connectivity index (χ2n) is 4.33. The molecule has 0 aliphatic heterocycles. The minimum atomic E-state index is 0.118. The zero-order valence-corrected chi connectivity index (χ0v) is 12.0. The van der Waals surface area contributed by atoms with Gasteiger partial charge in [0.2, 0.25) is 0 Å². The van der Waals surface area contributed by atoms with Crippen LogP contribution in [0.25, 0.3) is 0 Å². The van der Waals surface area contributed by atoms with Crippen molar-refractivity contribution in [3.05, 3.63) is 33.3 Å². The van der Waals surface area contributed by atoms with Crippen molar-refractivity contribution >= 4 is 27.5 Å². The summed E-state index contributed by atoms with van der Waals surface area (Å²) >= 11 is 9.66. The van der Waals surface area contributed by atoms with Crippen LogP contribution in [0.15, 0.2) is 22.7 Å². The molecule has 0 spiro atoms. The summed E-state index contributed by atoms with van der Waals surface area (Å²) in [5.41, 5.74) is 3.89. The summed E-state index contributed by atoms with van der Waals surface area (Å²) in [5.74, 6) is 6.25. The van der Waals surface area contributed by atoms with Gasteiger partial charge in [0.25, 0.3) is 0 Å². The Balaban J connectivity index is 2.82. The van der Waals surface area contributed by atoms with Crippen LogP contribution in [0.4, 0.5) is 0 Å². The SMILES string of the molecule is CC(C)CCC(NN)c1cccc(Br)c1Cl. The van der Waals surface area contributed by atoms with E-state index in [9.17, 15) is 0 Å². The summed E-state index contributed by atoms with van der Waals surface area (Å²) in [6.07, 6.45) is 2.11. The molecule has 0 saturated carbocycles.